The van der Waals surface area contributed by atoms with Crippen molar-refractivity contribution >= 4 is 17.2 Å². The summed E-state index contributed by atoms with van der Waals surface area (Å²) in [5.41, 5.74) is 1.12. The molecule has 0 aliphatic heterocycles. The lowest BCUT2D eigenvalue weighted by molar-refractivity contribution is 0.233. The molecule has 6 heteroatoms. The van der Waals surface area contributed by atoms with E-state index in [-0.39, 0.29) is 6.10 Å². The largest absolute Gasteiger partial charge is 0.472 e. The Hall–Kier alpha value is -1.69. The normalized spacial score (nSPS) is 11.1. The molecule has 0 fully saturated rings. The quantitative estimate of drug-likeness (QED) is 0.848. The van der Waals surface area contributed by atoms with E-state index in [0.29, 0.717) is 17.6 Å². The van der Waals surface area contributed by atoms with Gasteiger partial charge in [-0.2, -0.15) is 0 Å². The van der Waals surface area contributed by atoms with Crippen molar-refractivity contribution in [3.8, 4) is 5.88 Å². The fraction of sp³-hybridized carbons (Fsp3) is 0.533. The number of anilines is 1. The standard InChI is InChI=1S/C15H22N4OS/c1-10(2)15-19-12(9-21-15)5-6-16-13-14(20-11(3)4)18-8-7-17-13/h7-11H,5-6H2,1-4H3,(H,16,17). The summed E-state index contributed by atoms with van der Waals surface area (Å²) in [4.78, 5) is 13.1. The van der Waals surface area contributed by atoms with Gasteiger partial charge in [0.15, 0.2) is 5.82 Å². The van der Waals surface area contributed by atoms with Gasteiger partial charge in [-0.05, 0) is 13.8 Å². The molecule has 0 saturated heterocycles. The molecule has 0 bridgehead atoms. The molecule has 114 valence electrons. The van der Waals surface area contributed by atoms with Crippen LogP contribution in [0.15, 0.2) is 17.8 Å². The summed E-state index contributed by atoms with van der Waals surface area (Å²) in [5.74, 6) is 1.72. The highest BCUT2D eigenvalue weighted by molar-refractivity contribution is 7.09. The van der Waals surface area contributed by atoms with Crippen LogP contribution >= 0.6 is 11.3 Å². The third-order valence-corrected chi connectivity index (χ3v) is 3.94. The van der Waals surface area contributed by atoms with Crippen molar-refractivity contribution in [1.82, 2.24) is 15.0 Å². The van der Waals surface area contributed by atoms with E-state index in [0.717, 1.165) is 18.7 Å². The van der Waals surface area contributed by atoms with E-state index in [1.54, 1.807) is 23.7 Å². The lowest BCUT2D eigenvalue weighted by atomic mass is 10.2. The first-order valence-corrected chi connectivity index (χ1v) is 8.10. The zero-order chi connectivity index (χ0) is 15.2. The third-order valence-electron chi connectivity index (χ3n) is 2.75. The number of nitrogens with zero attached hydrogens (tertiary/aromatic N) is 3. The summed E-state index contributed by atoms with van der Waals surface area (Å²) in [6.45, 7) is 9.03. The Kier molecular flexibility index (Phi) is 5.50. The van der Waals surface area contributed by atoms with Gasteiger partial charge in [0, 0.05) is 36.7 Å². The predicted octanol–water partition coefficient (Wildman–Crippen LogP) is 3.50. The molecule has 0 aliphatic rings. The molecule has 0 aromatic carbocycles. The number of hydrogen-bond acceptors (Lipinski definition) is 6. The molecule has 0 saturated carbocycles. The first-order valence-electron chi connectivity index (χ1n) is 7.22. The van der Waals surface area contributed by atoms with Gasteiger partial charge in [0.2, 0.25) is 0 Å². The number of hydrogen-bond donors (Lipinski definition) is 1. The van der Waals surface area contributed by atoms with Crippen LogP contribution < -0.4 is 10.1 Å². The minimum atomic E-state index is 0.0781. The van der Waals surface area contributed by atoms with Crippen LogP contribution in [-0.4, -0.2) is 27.6 Å². The van der Waals surface area contributed by atoms with Crippen molar-refractivity contribution in [2.45, 2.75) is 46.1 Å². The number of rotatable bonds is 7. The van der Waals surface area contributed by atoms with Crippen LogP contribution in [0.4, 0.5) is 5.82 Å². The van der Waals surface area contributed by atoms with Crippen molar-refractivity contribution in [3.63, 3.8) is 0 Å². The molecule has 0 radical (unpaired) electrons. The zero-order valence-corrected chi connectivity index (χ0v) is 13.8. The minimum absolute atomic E-state index is 0.0781. The fourth-order valence-electron chi connectivity index (χ4n) is 1.77. The highest BCUT2D eigenvalue weighted by Gasteiger charge is 2.09. The second-order valence-electron chi connectivity index (χ2n) is 5.39. The van der Waals surface area contributed by atoms with Crippen molar-refractivity contribution in [3.05, 3.63) is 28.5 Å². The molecule has 0 atom stereocenters. The average molecular weight is 306 g/mol. The Bertz CT molecular complexity index is 568. The van der Waals surface area contributed by atoms with E-state index >= 15 is 0 Å². The van der Waals surface area contributed by atoms with Crippen LogP contribution in [0.2, 0.25) is 0 Å². The van der Waals surface area contributed by atoms with E-state index < -0.39 is 0 Å². The SMILES string of the molecule is CC(C)Oc1nccnc1NCCc1csc(C(C)C)n1. The fourth-order valence-corrected chi connectivity index (χ4v) is 2.64. The van der Waals surface area contributed by atoms with Gasteiger partial charge in [-0.3, -0.25) is 0 Å². The highest BCUT2D eigenvalue weighted by atomic mass is 32.1. The summed E-state index contributed by atoms with van der Waals surface area (Å²) in [5, 5.41) is 6.58. The lowest BCUT2D eigenvalue weighted by Crippen LogP contribution is -2.12. The Morgan fingerprint density at radius 3 is 2.62 bits per heavy atom. The van der Waals surface area contributed by atoms with Gasteiger partial charge in [0.05, 0.1) is 16.8 Å². The summed E-state index contributed by atoms with van der Waals surface area (Å²) in [7, 11) is 0. The maximum atomic E-state index is 5.63. The van der Waals surface area contributed by atoms with Gasteiger partial charge in [-0.1, -0.05) is 13.8 Å². The van der Waals surface area contributed by atoms with Crippen molar-refractivity contribution in [2.75, 3.05) is 11.9 Å². The molecular weight excluding hydrogens is 284 g/mol. The first kappa shape index (κ1) is 15.7. The maximum Gasteiger partial charge on any atom is 0.257 e. The van der Waals surface area contributed by atoms with Crippen LogP contribution in [0, 0.1) is 0 Å². The van der Waals surface area contributed by atoms with E-state index in [1.165, 1.54) is 5.01 Å². The Balaban J connectivity index is 1.90. The topological polar surface area (TPSA) is 59.9 Å². The molecule has 21 heavy (non-hydrogen) atoms. The van der Waals surface area contributed by atoms with Crippen molar-refractivity contribution in [2.24, 2.45) is 0 Å². The number of aromatic nitrogens is 3. The molecule has 0 aliphatic carbocycles. The van der Waals surface area contributed by atoms with Gasteiger partial charge in [-0.25, -0.2) is 15.0 Å². The minimum Gasteiger partial charge on any atom is -0.472 e. The Morgan fingerprint density at radius 2 is 1.95 bits per heavy atom. The maximum absolute atomic E-state index is 5.63. The average Bonchev–Trinajstić information content (AvgIpc) is 2.89. The van der Waals surface area contributed by atoms with Crippen molar-refractivity contribution < 1.29 is 4.74 Å². The lowest BCUT2D eigenvalue weighted by Gasteiger charge is -2.12. The second kappa shape index (κ2) is 7.36. The monoisotopic (exact) mass is 306 g/mol. The third kappa shape index (κ3) is 4.67. The molecule has 5 nitrogen and oxygen atoms in total. The van der Waals surface area contributed by atoms with Gasteiger partial charge in [-0.15, -0.1) is 11.3 Å². The van der Waals surface area contributed by atoms with Crippen LogP contribution in [0.3, 0.4) is 0 Å². The number of nitrogens with one attached hydrogen (secondary N) is 1. The van der Waals surface area contributed by atoms with E-state index in [1.807, 2.05) is 13.8 Å². The number of ether oxygens (including phenoxy) is 1. The molecule has 0 spiro atoms. The summed E-state index contributed by atoms with van der Waals surface area (Å²) in [6, 6.07) is 0. The van der Waals surface area contributed by atoms with Crippen LogP contribution in [0.1, 0.15) is 44.3 Å². The van der Waals surface area contributed by atoms with Crippen LogP contribution in [0.5, 0.6) is 5.88 Å². The molecule has 2 rings (SSSR count). The van der Waals surface area contributed by atoms with E-state index in [9.17, 15) is 0 Å². The molecule has 0 amide bonds. The zero-order valence-electron chi connectivity index (χ0n) is 13.0. The first-order chi connectivity index (χ1) is 10.1. The molecular formula is C15H22N4OS. The smallest absolute Gasteiger partial charge is 0.257 e. The summed E-state index contributed by atoms with van der Waals surface area (Å²) < 4.78 is 5.63. The molecule has 2 aromatic heterocycles. The predicted molar refractivity (Wildman–Crippen MR) is 86.2 cm³/mol. The van der Waals surface area contributed by atoms with Crippen molar-refractivity contribution in [1.29, 1.82) is 0 Å². The van der Waals surface area contributed by atoms with Gasteiger partial charge in [0.1, 0.15) is 0 Å². The molecule has 1 N–H and O–H groups in total. The summed E-state index contributed by atoms with van der Waals surface area (Å²) in [6.07, 6.45) is 4.24. The molecule has 2 heterocycles. The van der Waals surface area contributed by atoms with Crippen LogP contribution in [-0.2, 0) is 6.42 Å². The summed E-state index contributed by atoms with van der Waals surface area (Å²) >= 11 is 1.72. The molecule has 0 unspecified atom stereocenters. The van der Waals surface area contributed by atoms with Gasteiger partial charge in [0.25, 0.3) is 5.88 Å². The van der Waals surface area contributed by atoms with Crippen LogP contribution in [0.25, 0.3) is 0 Å². The molecule has 2 aromatic rings. The highest BCUT2D eigenvalue weighted by Crippen LogP contribution is 2.21. The Labute approximate surface area is 129 Å². The number of thiazole rings is 1. The second-order valence-corrected chi connectivity index (χ2v) is 6.27. The van der Waals surface area contributed by atoms with E-state index in [4.69, 9.17) is 4.74 Å². The van der Waals surface area contributed by atoms with E-state index in [2.05, 4.69) is 39.5 Å². The Morgan fingerprint density at radius 1 is 1.19 bits per heavy atom. The van der Waals surface area contributed by atoms with Gasteiger partial charge < -0.3 is 10.1 Å². The van der Waals surface area contributed by atoms with Gasteiger partial charge >= 0.3 is 0 Å².